The van der Waals surface area contributed by atoms with Crippen molar-refractivity contribution in [2.24, 2.45) is 5.92 Å². The monoisotopic (exact) mass is 301 g/mol. The van der Waals surface area contributed by atoms with Crippen molar-refractivity contribution in [2.45, 2.75) is 24.6 Å². The van der Waals surface area contributed by atoms with Gasteiger partial charge in [-0.05, 0) is 29.9 Å². The van der Waals surface area contributed by atoms with Crippen LogP contribution in [0.4, 0.5) is 0 Å². The molecule has 0 bridgehead atoms. The SMILES string of the molecule is O=S(=O)(Cc1ccccc1)N[C@H](c1ccccc1)C1CC1. The largest absolute Gasteiger partial charge is 0.216 e. The molecule has 0 unspecified atom stereocenters. The highest BCUT2D eigenvalue weighted by Crippen LogP contribution is 2.41. The average Bonchev–Trinajstić information content (AvgIpc) is 3.31. The molecule has 1 saturated carbocycles. The minimum absolute atomic E-state index is 0.0316. The van der Waals surface area contributed by atoms with Crippen molar-refractivity contribution in [3.8, 4) is 0 Å². The van der Waals surface area contributed by atoms with Crippen molar-refractivity contribution in [1.82, 2.24) is 4.72 Å². The van der Waals surface area contributed by atoms with Gasteiger partial charge >= 0.3 is 0 Å². The second kappa shape index (κ2) is 6.00. The molecule has 21 heavy (non-hydrogen) atoms. The quantitative estimate of drug-likeness (QED) is 0.890. The normalized spacial score (nSPS) is 16.6. The molecule has 0 spiro atoms. The Balaban J connectivity index is 1.76. The lowest BCUT2D eigenvalue weighted by molar-refractivity contribution is 0.528. The number of hydrogen-bond donors (Lipinski definition) is 1. The van der Waals surface area contributed by atoms with E-state index in [-0.39, 0.29) is 11.8 Å². The molecule has 3 nitrogen and oxygen atoms in total. The van der Waals surface area contributed by atoms with Crippen molar-refractivity contribution in [1.29, 1.82) is 0 Å². The molecule has 2 aromatic rings. The first-order valence-corrected chi connectivity index (χ1v) is 8.88. The Morgan fingerprint density at radius 1 is 0.952 bits per heavy atom. The summed E-state index contributed by atoms with van der Waals surface area (Å²) < 4.78 is 27.7. The summed E-state index contributed by atoms with van der Waals surface area (Å²) in [7, 11) is -3.34. The van der Waals surface area contributed by atoms with Crippen LogP contribution in [0.15, 0.2) is 60.7 Å². The molecule has 110 valence electrons. The molecule has 1 aliphatic carbocycles. The van der Waals surface area contributed by atoms with Crippen LogP contribution in [0.2, 0.25) is 0 Å². The molecule has 0 aliphatic heterocycles. The van der Waals surface area contributed by atoms with E-state index >= 15 is 0 Å². The maximum absolute atomic E-state index is 12.4. The highest BCUT2D eigenvalue weighted by atomic mass is 32.2. The van der Waals surface area contributed by atoms with E-state index in [9.17, 15) is 8.42 Å². The van der Waals surface area contributed by atoms with Crippen LogP contribution in [0.3, 0.4) is 0 Å². The van der Waals surface area contributed by atoms with Gasteiger partial charge < -0.3 is 0 Å². The molecule has 0 radical (unpaired) electrons. The first kappa shape index (κ1) is 14.3. The summed E-state index contributed by atoms with van der Waals surface area (Å²) in [6.07, 6.45) is 2.18. The van der Waals surface area contributed by atoms with Crippen molar-refractivity contribution in [2.75, 3.05) is 0 Å². The van der Waals surface area contributed by atoms with E-state index in [0.29, 0.717) is 5.92 Å². The van der Waals surface area contributed by atoms with Gasteiger partial charge in [-0.25, -0.2) is 13.1 Å². The highest BCUT2D eigenvalue weighted by Gasteiger charge is 2.34. The van der Waals surface area contributed by atoms with Crippen LogP contribution < -0.4 is 4.72 Å². The summed E-state index contributed by atoms with van der Waals surface area (Å²) in [4.78, 5) is 0. The Kier molecular flexibility index (Phi) is 4.08. The van der Waals surface area contributed by atoms with E-state index < -0.39 is 10.0 Å². The summed E-state index contributed by atoms with van der Waals surface area (Å²) in [6, 6.07) is 19.0. The Bertz CT molecular complexity index is 679. The lowest BCUT2D eigenvalue weighted by Crippen LogP contribution is -2.31. The summed E-state index contributed by atoms with van der Waals surface area (Å²) in [5.74, 6) is 0.460. The van der Waals surface area contributed by atoms with Gasteiger partial charge in [0.05, 0.1) is 5.75 Å². The number of sulfonamides is 1. The fourth-order valence-corrected chi connectivity index (χ4v) is 3.99. The smallest absolute Gasteiger partial charge is 0.212 e. The van der Waals surface area contributed by atoms with Gasteiger partial charge in [0.2, 0.25) is 10.0 Å². The molecule has 1 aliphatic rings. The fourth-order valence-electron chi connectivity index (χ4n) is 2.56. The Labute approximate surface area is 126 Å². The van der Waals surface area contributed by atoms with Crippen LogP contribution in [0.25, 0.3) is 0 Å². The molecular weight excluding hydrogens is 282 g/mol. The summed E-state index contributed by atoms with van der Waals surface area (Å²) in [5.41, 5.74) is 1.87. The Hall–Kier alpha value is -1.65. The Morgan fingerprint density at radius 2 is 1.52 bits per heavy atom. The zero-order valence-corrected chi connectivity index (χ0v) is 12.6. The van der Waals surface area contributed by atoms with Crippen LogP contribution >= 0.6 is 0 Å². The van der Waals surface area contributed by atoms with Gasteiger partial charge in [-0.3, -0.25) is 0 Å². The van der Waals surface area contributed by atoms with E-state index in [0.717, 1.165) is 24.0 Å². The average molecular weight is 301 g/mol. The van der Waals surface area contributed by atoms with Crippen molar-refractivity contribution in [3.63, 3.8) is 0 Å². The fraction of sp³-hybridized carbons (Fsp3) is 0.294. The first-order chi connectivity index (χ1) is 10.1. The van der Waals surface area contributed by atoms with Gasteiger partial charge in [0.25, 0.3) is 0 Å². The van der Waals surface area contributed by atoms with Gasteiger partial charge in [-0.2, -0.15) is 0 Å². The van der Waals surface area contributed by atoms with Crippen LogP contribution in [0.1, 0.15) is 30.0 Å². The van der Waals surface area contributed by atoms with Gasteiger partial charge in [0, 0.05) is 6.04 Å². The second-order valence-corrected chi connectivity index (χ2v) is 7.34. The van der Waals surface area contributed by atoms with Crippen LogP contribution in [-0.4, -0.2) is 8.42 Å². The molecule has 1 fully saturated rings. The van der Waals surface area contributed by atoms with Gasteiger partial charge in [0.15, 0.2) is 0 Å². The maximum Gasteiger partial charge on any atom is 0.216 e. The molecule has 0 heterocycles. The molecule has 3 rings (SSSR count). The minimum atomic E-state index is -3.34. The van der Waals surface area contributed by atoms with E-state index in [2.05, 4.69) is 4.72 Å². The second-order valence-electron chi connectivity index (χ2n) is 5.59. The van der Waals surface area contributed by atoms with Gasteiger partial charge in [0.1, 0.15) is 0 Å². The van der Waals surface area contributed by atoms with E-state index in [1.807, 2.05) is 60.7 Å². The third kappa shape index (κ3) is 3.93. The Morgan fingerprint density at radius 3 is 2.10 bits per heavy atom. The van der Waals surface area contributed by atoms with Crippen LogP contribution in [0, 0.1) is 5.92 Å². The van der Waals surface area contributed by atoms with Crippen molar-refractivity contribution in [3.05, 3.63) is 71.8 Å². The molecule has 0 aromatic heterocycles. The molecule has 0 saturated heterocycles. The third-order valence-corrected chi connectivity index (χ3v) is 5.08. The topological polar surface area (TPSA) is 46.2 Å². The summed E-state index contributed by atoms with van der Waals surface area (Å²) in [5, 5.41) is 0. The molecule has 4 heteroatoms. The number of benzene rings is 2. The zero-order chi connectivity index (χ0) is 14.7. The van der Waals surface area contributed by atoms with Gasteiger partial charge in [-0.15, -0.1) is 0 Å². The minimum Gasteiger partial charge on any atom is -0.212 e. The number of nitrogens with one attached hydrogen (secondary N) is 1. The number of hydrogen-bond acceptors (Lipinski definition) is 2. The van der Waals surface area contributed by atoms with Crippen molar-refractivity contribution < 1.29 is 8.42 Å². The highest BCUT2D eigenvalue weighted by molar-refractivity contribution is 7.88. The number of rotatable bonds is 6. The van der Waals surface area contributed by atoms with Crippen LogP contribution in [0.5, 0.6) is 0 Å². The predicted molar refractivity (Wildman–Crippen MR) is 84.1 cm³/mol. The zero-order valence-electron chi connectivity index (χ0n) is 11.8. The van der Waals surface area contributed by atoms with Gasteiger partial charge in [-0.1, -0.05) is 60.7 Å². The molecule has 1 N–H and O–H groups in total. The predicted octanol–water partition coefficient (Wildman–Crippen LogP) is 3.26. The molecule has 1 atom stereocenters. The van der Waals surface area contributed by atoms with E-state index in [1.165, 1.54) is 0 Å². The summed E-state index contributed by atoms with van der Waals surface area (Å²) >= 11 is 0. The van der Waals surface area contributed by atoms with Crippen LogP contribution in [-0.2, 0) is 15.8 Å². The standard InChI is InChI=1S/C17H19NO2S/c19-21(20,13-14-7-3-1-4-8-14)18-17(16-11-12-16)15-9-5-2-6-10-15/h1-10,16-18H,11-13H2/t17-/m1/s1. The lowest BCUT2D eigenvalue weighted by atomic mass is 10.0. The third-order valence-electron chi connectivity index (χ3n) is 3.76. The lowest BCUT2D eigenvalue weighted by Gasteiger charge is -2.19. The first-order valence-electron chi connectivity index (χ1n) is 7.23. The van der Waals surface area contributed by atoms with E-state index in [1.54, 1.807) is 0 Å². The molecule has 0 amide bonds. The summed E-state index contributed by atoms with van der Waals surface area (Å²) in [6.45, 7) is 0. The maximum atomic E-state index is 12.4. The molecular formula is C17H19NO2S. The molecule has 2 aromatic carbocycles. The van der Waals surface area contributed by atoms with E-state index in [4.69, 9.17) is 0 Å². The van der Waals surface area contributed by atoms with Crippen molar-refractivity contribution >= 4 is 10.0 Å².